The van der Waals surface area contributed by atoms with Crippen molar-refractivity contribution in [3.63, 3.8) is 0 Å². The third-order valence-electron chi connectivity index (χ3n) is 3.65. The number of sulfone groups is 1. The predicted octanol–water partition coefficient (Wildman–Crippen LogP) is 1.71. The molecule has 0 aliphatic heterocycles. The molecule has 2 N–H and O–H groups in total. The lowest BCUT2D eigenvalue weighted by Gasteiger charge is -2.14. The molecule has 1 unspecified atom stereocenters. The van der Waals surface area contributed by atoms with Crippen molar-refractivity contribution < 1.29 is 13.2 Å². The lowest BCUT2D eigenvalue weighted by molar-refractivity contribution is 0.154. The Balaban J connectivity index is 2.39. The molecule has 1 aromatic carbocycles. The highest BCUT2D eigenvalue weighted by atomic mass is 32.2. The van der Waals surface area contributed by atoms with Crippen LogP contribution in [0.3, 0.4) is 0 Å². The van der Waals surface area contributed by atoms with Crippen LogP contribution >= 0.6 is 0 Å². The van der Waals surface area contributed by atoms with Crippen molar-refractivity contribution in [2.24, 2.45) is 4.99 Å². The van der Waals surface area contributed by atoms with Crippen LogP contribution in [0, 0.1) is 6.92 Å². The summed E-state index contributed by atoms with van der Waals surface area (Å²) >= 11 is 0. The maximum absolute atomic E-state index is 11.0. The third-order valence-corrected chi connectivity index (χ3v) is 4.56. The smallest absolute Gasteiger partial charge is 0.191 e. The molecule has 0 amide bonds. The molecule has 6 nitrogen and oxygen atoms in total. The minimum absolute atomic E-state index is 0.0508. The number of aryl methyl sites for hydroxylation is 1. The van der Waals surface area contributed by atoms with Gasteiger partial charge in [-0.3, -0.25) is 4.99 Å². The molecule has 0 aliphatic rings. The molecule has 1 rings (SSSR count). The number of hydrogen-bond acceptors (Lipinski definition) is 4. The van der Waals surface area contributed by atoms with E-state index >= 15 is 0 Å². The molecule has 1 atom stereocenters. The molecule has 0 saturated heterocycles. The highest BCUT2D eigenvalue weighted by Crippen LogP contribution is 2.15. The zero-order valence-corrected chi connectivity index (χ0v) is 16.5. The first-order valence-electron chi connectivity index (χ1n) is 8.66. The molecule has 1 aromatic rings. The number of aliphatic imine (C=N–C) groups is 1. The fourth-order valence-corrected chi connectivity index (χ4v) is 2.54. The first kappa shape index (κ1) is 21.4. The Morgan fingerprint density at radius 2 is 1.88 bits per heavy atom. The average molecular weight is 370 g/mol. The van der Waals surface area contributed by atoms with Gasteiger partial charge in [-0.1, -0.05) is 36.8 Å². The summed E-state index contributed by atoms with van der Waals surface area (Å²) in [5.41, 5.74) is 2.53. The summed E-state index contributed by atoms with van der Waals surface area (Å²) < 4.78 is 27.4. The van der Waals surface area contributed by atoms with Gasteiger partial charge in [0.15, 0.2) is 5.96 Å². The minimum Gasteiger partial charge on any atom is -0.379 e. The van der Waals surface area contributed by atoms with Crippen molar-refractivity contribution in [2.75, 3.05) is 44.9 Å². The zero-order valence-electron chi connectivity index (χ0n) is 15.7. The molecule has 0 aromatic heterocycles. The maximum Gasteiger partial charge on any atom is 0.191 e. The van der Waals surface area contributed by atoms with Crippen LogP contribution in [0.5, 0.6) is 0 Å². The number of ether oxygens (including phenoxy) is 1. The molecule has 0 heterocycles. The summed E-state index contributed by atoms with van der Waals surface area (Å²) in [6.45, 7) is 8.96. The molecule has 0 saturated carbocycles. The second-order valence-corrected chi connectivity index (χ2v) is 8.46. The van der Waals surface area contributed by atoms with Crippen molar-refractivity contribution in [2.45, 2.75) is 26.7 Å². The molecule has 7 heteroatoms. The minimum atomic E-state index is -2.97. The van der Waals surface area contributed by atoms with Crippen LogP contribution < -0.4 is 10.6 Å². The highest BCUT2D eigenvalue weighted by Gasteiger charge is 2.06. The molecule has 0 bridgehead atoms. The summed E-state index contributed by atoms with van der Waals surface area (Å²) in [7, 11) is -2.97. The number of benzene rings is 1. The lowest BCUT2D eigenvalue weighted by Crippen LogP contribution is -2.39. The van der Waals surface area contributed by atoms with Crippen molar-refractivity contribution in [3.05, 3.63) is 35.4 Å². The van der Waals surface area contributed by atoms with Crippen LogP contribution in [0.15, 0.2) is 29.3 Å². The van der Waals surface area contributed by atoms with Crippen molar-refractivity contribution in [1.29, 1.82) is 0 Å². The molecule has 0 aliphatic carbocycles. The van der Waals surface area contributed by atoms with Crippen LogP contribution in [-0.4, -0.2) is 59.2 Å². The van der Waals surface area contributed by atoms with E-state index in [-0.39, 0.29) is 12.4 Å². The fourth-order valence-electron chi connectivity index (χ4n) is 2.12. The summed E-state index contributed by atoms with van der Waals surface area (Å²) in [6.07, 6.45) is 1.21. The lowest BCUT2D eigenvalue weighted by atomic mass is 10.0. The second-order valence-electron chi connectivity index (χ2n) is 6.20. The molecular formula is C18H31N3O3S. The van der Waals surface area contributed by atoms with Gasteiger partial charge in [0, 0.05) is 31.8 Å². The van der Waals surface area contributed by atoms with E-state index < -0.39 is 9.84 Å². The summed E-state index contributed by atoms with van der Waals surface area (Å²) in [5, 5.41) is 6.40. The summed E-state index contributed by atoms with van der Waals surface area (Å²) in [4.78, 5) is 4.61. The molecule has 0 fully saturated rings. The Kier molecular flexibility index (Phi) is 9.52. The first-order chi connectivity index (χ1) is 11.8. The van der Waals surface area contributed by atoms with E-state index in [1.54, 1.807) is 0 Å². The van der Waals surface area contributed by atoms with Gasteiger partial charge in [0.1, 0.15) is 9.84 Å². The van der Waals surface area contributed by atoms with E-state index in [2.05, 4.69) is 53.7 Å². The van der Waals surface area contributed by atoms with E-state index in [9.17, 15) is 8.42 Å². The van der Waals surface area contributed by atoms with Gasteiger partial charge in [0.05, 0.1) is 19.0 Å². The maximum atomic E-state index is 11.0. The predicted molar refractivity (Wildman–Crippen MR) is 104 cm³/mol. The molecule has 25 heavy (non-hydrogen) atoms. The van der Waals surface area contributed by atoms with Gasteiger partial charge in [0.2, 0.25) is 0 Å². The van der Waals surface area contributed by atoms with Gasteiger partial charge in [-0.2, -0.15) is 0 Å². The monoisotopic (exact) mass is 369 g/mol. The largest absolute Gasteiger partial charge is 0.379 e. The highest BCUT2D eigenvalue weighted by molar-refractivity contribution is 7.90. The Morgan fingerprint density at radius 1 is 1.20 bits per heavy atom. The molecular weight excluding hydrogens is 338 g/mol. The number of hydrogen-bond donors (Lipinski definition) is 2. The number of nitrogens with one attached hydrogen (secondary N) is 2. The van der Waals surface area contributed by atoms with Gasteiger partial charge < -0.3 is 15.4 Å². The Labute approximate surface area is 152 Å². The summed E-state index contributed by atoms with van der Waals surface area (Å²) in [6, 6.07) is 8.52. The molecule has 0 spiro atoms. The normalized spacial score (nSPS) is 13.5. The van der Waals surface area contributed by atoms with Crippen LogP contribution in [0.1, 0.15) is 30.9 Å². The number of nitrogens with zero attached hydrogens (tertiary/aromatic N) is 1. The quantitative estimate of drug-likeness (QED) is 0.373. The number of rotatable bonds is 10. The standard InChI is InChI=1S/C18H31N3O3S/c1-5-19-18(20-10-11-24-12-13-25(4,22)23)21-14-16(3)17-8-6-15(2)7-9-17/h6-9,16H,5,10-14H2,1-4H3,(H2,19,20,21). The second kappa shape index (κ2) is 11.1. The fraction of sp³-hybridized carbons (Fsp3) is 0.611. The van der Waals surface area contributed by atoms with Crippen molar-refractivity contribution in [3.8, 4) is 0 Å². The Bertz CT molecular complexity index is 627. The molecule has 0 radical (unpaired) electrons. The van der Waals surface area contributed by atoms with Crippen LogP contribution in [0.2, 0.25) is 0 Å². The average Bonchev–Trinajstić information content (AvgIpc) is 2.55. The van der Waals surface area contributed by atoms with Crippen LogP contribution in [0.4, 0.5) is 0 Å². The topological polar surface area (TPSA) is 79.8 Å². The van der Waals surface area contributed by atoms with E-state index in [0.29, 0.717) is 25.6 Å². The Hall–Kier alpha value is -1.60. The summed E-state index contributed by atoms with van der Waals surface area (Å²) in [5.74, 6) is 1.13. The van der Waals surface area contributed by atoms with Gasteiger partial charge in [-0.25, -0.2) is 8.42 Å². The van der Waals surface area contributed by atoms with Gasteiger partial charge in [-0.05, 0) is 19.4 Å². The van der Waals surface area contributed by atoms with Crippen LogP contribution in [0.25, 0.3) is 0 Å². The van der Waals surface area contributed by atoms with E-state index in [4.69, 9.17) is 4.74 Å². The number of guanidine groups is 1. The van der Waals surface area contributed by atoms with Gasteiger partial charge >= 0.3 is 0 Å². The SMILES string of the molecule is CCNC(=NCC(C)c1ccc(C)cc1)NCCOCCS(C)(=O)=O. The zero-order chi connectivity index (χ0) is 18.7. The first-order valence-corrected chi connectivity index (χ1v) is 10.7. The van der Waals surface area contributed by atoms with Gasteiger partial charge in [-0.15, -0.1) is 0 Å². The third kappa shape index (κ3) is 10.1. The van der Waals surface area contributed by atoms with E-state index in [0.717, 1.165) is 12.5 Å². The van der Waals surface area contributed by atoms with Crippen molar-refractivity contribution in [1.82, 2.24) is 10.6 Å². The van der Waals surface area contributed by atoms with E-state index in [1.165, 1.54) is 17.4 Å². The Morgan fingerprint density at radius 3 is 2.48 bits per heavy atom. The van der Waals surface area contributed by atoms with Gasteiger partial charge in [0.25, 0.3) is 0 Å². The van der Waals surface area contributed by atoms with Crippen LogP contribution in [-0.2, 0) is 14.6 Å². The van der Waals surface area contributed by atoms with E-state index in [1.807, 2.05) is 6.92 Å². The molecule has 142 valence electrons. The van der Waals surface area contributed by atoms with Crippen molar-refractivity contribution >= 4 is 15.8 Å².